The summed E-state index contributed by atoms with van der Waals surface area (Å²) in [7, 11) is -5.00. The summed E-state index contributed by atoms with van der Waals surface area (Å²) in [5, 5.41) is -1.17. The predicted octanol–water partition coefficient (Wildman–Crippen LogP) is 3.93. The summed E-state index contributed by atoms with van der Waals surface area (Å²) >= 11 is 0. The van der Waals surface area contributed by atoms with E-state index in [9.17, 15) is 43.5 Å². The van der Waals surface area contributed by atoms with Crippen molar-refractivity contribution in [3.05, 3.63) is 22.5 Å². The van der Waals surface area contributed by atoms with Gasteiger partial charge < -0.3 is 0 Å². The maximum absolute atomic E-state index is 12.6. The van der Waals surface area contributed by atoms with E-state index in [4.69, 9.17) is 0 Å². The molecule has 2 nitrogen and oxygen atoms in total. The summed E-state index contributed by atoms with van der Waals surface area (Å²) < 4.78 is 117. The number of sulfone groups is 1. The quantitative estimate of drug-likeness (QED) is 0.736. The van der Waals surface area contributed by atoms with E-state index in [1.165, 1.54) is 0 Å². The van der Waals surface area contributed by atoms with Crippen LogP contribution in [-0.2, 0) is 9.84 Å². The molecule has 19 heavy (non-hydrogen) atoms. The molecule has 0 N–H and O–H groups in total. The average molecular weight is 318 g/mol. The second-order valence-corrected chi connectivity index (χ2v) is 4.95. The molecule has 0 atom stereocenters. The van der Waals surface area contributed by atoms with Crippen LogP contribution in [0.3, 0.4) is 0 Å². The van der Waals surface area contributed by atoms with Crippen molar-refractivity contribution >= 4 is 9.84 Å². The van der Waals surface area contributed by atoms with Crippen molar-refractivity contribution in [1.82, 2.24) is 0 Å². The molecule has 0 rings (SSSR count). The van der Waals surface area contributed by atoms with Crippen molar-refractivity contribution in [2.45, 2.75) is 25.2 Å². The fraction of sp³-hybridized carbons (Fsp3) is 0.500. The van der Waals surface area contributed by atoms with Crippen LogP contribution in [0.15, 0.2) is 22.5 Å². The van der Waals surface area contributed by atoms with E-state index in [1.807, 2.05) is 0 Å². The number of rotatable bonds is 4. The fourth-order valence-corrected chi connectivity index (χ4v) is 1.80. The second-order valence-electron chi connectivity index (χ2n) is 3.30. The third-order valence-electron chi connectivity index (χ3n) is 1.32. The molecule has 0 heterocycles. The third-order valence-corrected chi connectivity index (χ3v) is 2.49. The molecule has 0 aromatic heterocycles. The first-order chi connectivity index (χ1) is 8.20. The Labute approximate surface area is 102 Å². The maximum Gasteiger partial charge on any atom is 0.395 e. The van der Waals surface area contributed by atoms with Crippen LogP contribution in [-0.4, -0.2) is 20.8 Å². The zero-order valence-corrected chi connectivity index (χ0v) is 9.63. The van der Waals surface area contributed by atoms with E-state index >= 15 is 0 Å². The first kappa shape index (κ1) is 17.9. The molecule has 0 fully saturated rings. The molecule has 0 aliphatic carbocycles. The van der Waals surface area contributed by atoms with E-state index in [1.54, 1.807) is 0 Å². The van der Waals surface area contributed by atoms with Gasteiger partial charge in [-0.15, -0.1) is 0 Å². The molecule has 0 aliphatic heterocycles. The minimum absolute atomic E-state index is 0.587. The van der Waals surface area contributed by atoms with Gasteiger partial charge in [0.15, 0.2) is 9.84 Å². The minimum Gasteiger partial charge on any atom is -0.220 e. The molecule has 0 saturated heterocycles. The van der Waals surface area contributed by atoms with Crippen molar-refractivity contribution in [3.63, 3.8) is 0 Å². The Hall–Kier alpha value is -1.13. The molecule has 0 spiro atoms. The van der Waals surface area contributed by atoms with E-state index in [0.717, 1.165) is 0 Å². The lowest BCUT2D eigenvalue weighted by atomic mass is 10.4. The largest absolute Gasteiger partial charge is 0.395 e. The molecule has 0 amide bonds. The van der Waals surface area contributed by atoms with Crippen LogP contribution in [0.1, 0.15) is 12.8 Å². The third kappa shape index (κ3) is 10.5. The van der Waals surface area contributed by atoms with Crippen molar-refractivity contribution < 1.29 is 43.5 Å². The van der Waals surface area contributed by atoms with Crippen LogP contribution < -0.4 is 0 Å². The van der Waals surface area contributed by atoms with Gasteiger partial charge in [0.05, 0.1) is 23.7 Å². The lowest BCUT2D eigenvalue weighted by molar-refractivity contribution is -0.130. The number of halogens is 8. The maximum atomic E-state index is 12.6. The van der Waals surface area contributed by atoms with E-state index in [0.29, 0.717) is 0 Å². The molecular formula is C8H6F8O2S. The van der Waals surface area contributed by atoms with Crippen molar-refractivity contribution in [3.8, 4) is 0 Å². The normalized spacial score (nSPS) is 15.8. The number of alkyl halides is 6. The van der Waals surface area contributed by atoms with Crippen LogP contribution in [0.2, 0.25) is 0 Å². The topological polar surface area (TPSA) is 34.1 Å². The summed E-state index contributed by atoms with van der Waals surface area (Å²) in [5.41, 5.74) is 0. The molecule has 112 valence electrons. The lowest BCUT2D eigenvalue weighted by Crippen LogP contribution is -2.08. The summed E-state index contributed by atoms with van der Waals surface area (Å²) in [4.78, 5) is 0. The summed E-state index contributed by atoms with van der Waals surface area (Å²) in [6.07, 6.45) is -14.5. The molecular weight excluding hydrogens is 312 g/mol. The van der Waals surface area contributed by atoms with Crippen LogP contribution in [0.4, 0.5) is 35.1 Å². The smallest absolute Gasteiger partial charge is 0.220 e. The van der Waals surface area contributed by atoms with Crippen molar-refractivity contribution in [2.75, 3.05) is 0 Å². The van der Waals surface area contributed by atoms with E-state index < -0.39 is 57.5 Å². The standard InChI is InChI=1S/C8H6F8O2S/c9-5(1-7(11,12)13)3-19(17,18)4-6(10)2-8(14,15)16/h3-4H,1-2H2. The molecule has 0 aliphatic rings. The second kappa shape index (κ2) is 5.88. The van der Waals surface area contributed by atoms with Gasteiger partial charge in [-0.3, -0.25) is 0 Å². The van der Waals surface area contributed by atoms with Gasteiger partial charge in [-0.2, -0.15) is 26.3 Å². The Morgan fingerprint density at radius 2 is 1.05 bits per heavy atom. The Morgan fingerprint density at radius 1 is 0.789 bits per heavy atom. The number of hydrogen-bond acceptors (Lipinski definition) is 2. The van der Waals surface area contributed by atoms with Gasteiger partial charge in [-0.1, -0.05) is 0 Å². The Kier molecular flexibility index (Phi) is 5.53. The molecule has 0 unspecified atom stereocenters. The molecule has 0 aromatic rings. The first-order valence-corrected chi connectivity index (χ1v) is 5.92. The molecule has 11 heteroatoms. The molecule has 0 aromatic carbocycles. The van der Waals surface area contributed by atoms with Crippen LogP contribution in [0.25, 0.3) is 0 Å². The average Bonchev–Trinajstić information content (AvgIpc) is 1.89. The first-order valence-electron chi connectivity index (χ1n) is 4.31. The van der Waals surface area contributed by atoms with Crippen LogP contribution in [0.5, 0.6) is 0 Å². The van der Waals surface area contributed by atoms with Gasteiger partial charge in [0, 0.05) is 0 Å². The Morgan fingerprint density at radius 3 is 1.26 bits per heavy atom. The van der Waals surface area contributed by atoms with Gasteiger partial charge in [-0.25, -0.2) is 17.2 Å². The highest BCUT2D eigenvalue weighted by molar-refractivity contribution is 7.97. The molecule has 0 bridgehead atoms. The zero-order valence-electron chi connectivity index (χ0n) is 8.82. The van der Waals surface area contributed by atoms with Gasteiger partial charge in [0.2, 0.25) is 0 Å². The van der Waals surface area contributed by atoms with Gasteiger partial charge in [0.1, 0.15) is 11.7 Å². The minimum atomic E-state index is -5.04. The lowest BCUT2D eigenvalue weighted by Gasteiger charge is -2.04. The molecule has 0 saturated carbocycles. The van der Waals surface area contributed by atoms with Crippen molar-refractivity contribution in [1.29, 1.82) is 0 Å². The van der Waals surface area contributed by atoms with Crippen molar-refractivity contribution in [2.24, 2.45) is 0 Å². The highest BCUT2D eigenvalue weighted by Crippen LogP contribution is 2.27. The van der Waals surface area contributed by atoms with Crippen LogP contribution in [0, 0.1) is 0 Å². The highest BCUT2D eigenvalue weighted by atomic mass is 32.2. The van der Waals surface area contributed by atoms with Crippen LogP contribution >= 0.6 is 0 Å². The number of hydrogen-bond donors (Lipinski definition) is 0. The SMILES string of the molecule is O=S(=O)(C=C(F)CC(F)(F)F)C=C(F)CC(F)(F)F. The summed E-state index contributed by atoms with van der Waals surface area (Å²) in [5.74, 6) is -4.33. The monoisotopic (exact) mass is 318 g/mol. The Bertz CT molecular complexity index is 430. The Balaban J connectivity index is 5.01. The summed E-state index contributed by atoms with van der Waals surface area (Å²) in [6, 6.07) is 0. The van der Waals surface area contributed by atoms with Gasteiger partial charge in [-0.05, 0) is 0 Å². The fourth-order valence-electron chi connectivity index (χ4n) is 0.857. The predicted molar refractivity (Wildman–Crippen MR) is 48.6 cm³/mol. The summed E-state index contributed by atoms with van der Waals surface area (Å²) in [6.45, 7) is 0. The number of allylic oxidation sites excluding steroid dienone is 2. The van der Waals surface area contributed by atoms with E-state index in [-0.39, 0.29) is 0 Å². The van der Waals surface area contributed by atoms with Gasteiger partial charge >= 0.3 is 12.4 Å². The van der Waals surface area contributed by atoms with Gasteiger partial charge in [0.25, 0.3) is 0 Å². The zero-order chi connectivity index (χ0) is 15.5. The molecule has 0 radical (unpaired) electrons. The highest BCUT2D eigenvalue weighted by Gasteiger charge is 2.31. The van der Waals surface area contributed by atoms with E-state index in [2.05, 4.69) is 0 Å².